The van der Waals surface area contributed by atoms with Crippen molar-refractivity contribution in [1.29, 1.82) is 0 Å². The summed E-state index contributed by atoms with van der Waals surface area (Å²) in [7, 11) is 0. The zero-order valence-corrected chi connectivity index (χ0v) is 32.8. The standard InChI is InChI=1S/C45H54Br2/c1-7-11-13-15-25-43(5,9-3)31-17-21-35-36-22-18-32(44(6,10-4)26-16-14-12-8-2)28-40(36)45(39(35)27-31)41-29-33(46)19-23-37(41)38-24-20-34(47)30-42(38)45/h17-24,27-30H,7-16,25-26H2,1-6H3. The lowest BCUT2D eigenvalue weighted by Gasteiger charge is -2.35. The number of rotatable bonds is 14. The Morgan fingerprint density at radius 1 is 0.468 bits per heavy atom. The maximum absolute atomic E-state index is 3.92. The molecule has 0 heterocycles. The molecule has 47 heavy (non-hydrogen) atoms. The van der Waals surface area contributed by atoms with Gasteiger partial charge >= 0.3 is 0 Å². The summed E-state index contributed by atoms with van der Waals surface area (Å²) in [6.07, 6.45) is 15.3. The largest absolute Gasteiger partial charge is 0.0726 e. The van der Waals surface area contributed by atoms with Crippen LogP contribution in [0.5, 0.6) is 0 Å². The van der Waals surface area contributed by atoms with Gasteiger partial charge in [0.2, 0.25) is 0 Å². The normalized spacial score (nSPS) is 16.3. The van der Waals surface area contributed by atoms with E-state index in [1.54, 1.807) is 0 Å². The Labute approximate surface area is 302 Å². The summed E-state index contributed by atoms with van der Waals surface area (Å²) >= 11 is 7.84. The molecule has 2 heteroatoms. The van der Waals surface area contributed by atoms with Crippen LogP contribution < -0.4 is 0 Å². The second-order valence-electron chi connectivity index (χ2n) is 15.1. The highest BCUT2D eigenvalue weighted by atomic mass is 79.9. The van der Waals surface area contributed by atoms with Crippen LogP contribution in [0.25, 0.3) is 22.3 Å². The molecule has 2 atom stereocenters. The van der Waals surface area contributed by atoms with E-state index in [-0.39, 0.29) is 16.2 Å². The molecular formula is C45H54Br2. The fraction of sp³-hybridized carbons (Fsp3) is 0.467. The Morgan fingerprint density at radius 2 is 0.830 bits per heavy atom. The highest BCUT2D eigenvalue weighted by Gasteiger charge is 2.52. The Morgan fingerprint density at radius 3 is 1.19 bits per heavy atom. The summed E-state index contributed by atoms with van der Waals surface area (Å²) in [5.74, 6) is 0. The van der Waals surface area contributed by atoms with Gasteiger partial charge in [0, 0.05) is 8.95 Å². The maximum Gasteiger partial charge on any atom is 0.0726 e. The zero-order chi connectivity index (χ0) is 33.4. The third kappa shape index (κ3) is 5.92. The molecule has 0 aromatic heterocycles. The molecule has 2 aliphatic rings. The van der Waals surface area contributed by atoms with Crippen molar-refractivity contribution in [3.8, 4) is 22.3 Å². The third-order valence-electron chi connectivity index (χ3n) is 12.3. The number of unbranched alkanes of at least 4 members (excludes halogenated alkanes) is 6. The van der Waals surface area contributed by atoms with Gasteiger partial charge in [-0.25, -0.2) is 0 Å². The van der Waals surface area contributed by atoms with Crippen molar-refractivity contribution in [2.45, 2.75) is 135 Å². The van der Waals surface area contributed by atoms with E-state index in [9.17, 15) is 0 Å². The first-order valence-electron chi connectivity index (χ1n) is 18.6. The van der Waals surface area contributed by atoms with Crippen LogP contribution in [0.2, 0.25) is 0 Å². The number of benzene rings is 4. The van der Waals surface area contributed by atoms with Crippen molar-refractivity contribution in [3.05, 3.63) is 115 Å². The van der Waals surface area contributed by atoms with Crippen molar-refractivity contribution >= 4 is 31.9 Å². The predicted octanol–water partition coefficient (Wildman–Crippen LogP) is 14.8. The Kier molecular flexibility index (Phi) is 10.3. The van der Waals surface area contributed by atoms with Gasteiger partial charge in [0.15, 0.2) is 0 Å². The molecule has 0 aliphatic heterocycles. The molecule has 248 valence electrons. The van der Waals surface area contributed by atoms with Crippen LogP contribution >= 0.6 is 31.9 Å². The van der Waals surface area contributed by atoms with Gasteiger partial charge in [-0.3, -0.25) is 0 Å². The first-order chi connectivity index (χ1) is 22.7. The molecule has 1 spiro atoms. The minimum absolute atomic E-state index is 0.155. The van der Waals surface area contributed by atoms with Gasteiger partial charge in [0.1, 0.15) is 0 Å². The van der Waals surface area contributed by atoms with Crippen molar-refractivity contribution in [1.82, 2.24) is 0 Å². The van der Waals surface area contributed by atoms with E-state index < -0.39 is 0 Å². The highest BCUT2D eigenvalue weighted by Crippen LogP contribution is 2.64. The van der Waals surface area contributed by atoms with Gasteiger partial charge < -0.3 is 0 Å². The highest BCUT2D eigenvalue weighted by molar-refractivity contribution is 9.10. The second-order valence-corrected chi connectivity index (χ2v) is 16.9. The van der Waals surface area contributed by atoms with Gasteiger partial charge in [0.25, 0.3) is 0 Å². The number of halogens is 2. The molecule has 0 saturated carbocycles. The first-order valence-corrected chi connectivity index (χ1v) is 20.2. The van der Waals surface area contributed by atoms with Crippen LogP contribution in [0, 0.1) is 0 Å². The van der Waals surface area contributed by atoms with E-state index in [0.717, 1.165) is 21.8 Å². The molecule has 4 aromatic carbocycles. The Hall–Kier alpha value is -2.16. The molecule has 6 rings (SSSR count). The molecule has 4 aromatic rings. The van der Waals surface area contributed by atoms with E-state index in [1.807, 2.05) is 0 Å². The van der Waals surface area contributed by atoms with E-state index in [1.165, 1.54) is 120 Å². The minimum atomic E-state index is -0.358. The summed E-state index contributed by atoms with van der Waals surface area (Å²) in [5, 5.41) is 0. The molecule has 0 bridgehead atoms. The fourth-order valence-electron chi connectivity index (χ4n) is 8.86. The average molecular weight is 755 g/mol. The number of fused-ring (bicyclic) bond motifs is 10. The molecule has 2 unspecified atom stereocenters. The molecule has 2 aliphatic carbocycles. The Bertz CT molecular complexity index is 1620. The summed E-state index contributed by atoms with van der Waals surface area (Å²) in [4.78, 5) is 0. The maximum atomic E-state index is 3.92. The summed E-state index contributed by atoms with van der Waals surface area (Å²) in [6.45, 7) is 14.4. The van der Waals surface area contributed by atoms with E-state index in [4.69, 9.17) is 0 Å². The fourth-order valence-corrected chi connectivity index (χ4v) is 9.58. The van der Waals surface area contributed by atoms with Gasteiger partial charge in [-0.15, -0.1) is 0 Å². The SMILES string of the molecule is CCCCCCC(C)(CC)c1ccc2c(c1)C1(c3cc(Br)ccc3-c3ccc(Br)cc31)c1cc(C(C)(CC)CCCCCC)ccc1-2. The lowest BCUT2D eigenvalue weighted by molar-refractivity contribution is 0.395. The van der Waals surface area contributed by atoms with Crippen molar-refractivity contribution in [3.63, 3.8) is 0 Å². The predicted molar refractivity (Wildman–Crippen MR) is 211 cm³/mol. The van der Waals surface area contributed by atoms with Crippen LogP contribution in [0.15, 0.2) is 81.7 Å². The minimum Gasteiger partial charge on any atom is -0.0654 e. The smallest absolute Gasteiger partial charge is 0.0654 e. The molecule has 0 saturated heterocycles. The lowest BCUT2D eigenvalue weighted by atomic mass is 9.67. The van der Waals surface area contributed by atoms with Crippen LogP contribution in [-0.4, -0.2) is 0 Å². The van der Waals surface area contributed by atoms with E-state index >= 15 is 0 Å². The first kappa shape index (κ1) is 34.7. The topological polar surface area (TPSA) is 0 Å². The monoisotopic (exact) mass is 752 g/mol. The van der Waals surface area contributed by atoms with E-state index in [0.29, 0.717) is 0 Å². The van der Waals surface area contributed by atoms with Crippen LogP contribution in [-0.2, 0) is 16.2 Å². The van der Waals surface area contributed by atoms with Crippen molar-refractivity contribution in [2.24, 2.45) is 0 Å². The molecule has 0 N–H and O–H groups in total. The Balaban J connectivity index is 1.60. The third-order valence-corrected chi connectivity index (χ3v) is 13.3. The molecular weight excluding hydrogens is 700 g/mol. The molecule has 0 amide bonds. The summed E-state index contributed by atoms with van der Waals surface area (Å²) in [5.41, 5.74) is 14.2. The van der Waals surface area contributed by atoms with Crippen molar-refractivity contribution in [2.75, 3.05) is 0 Å². The van der Waals surface area contributed by atoms with Crippen LogP contribution in [0.3, 0.4) is 0 Å². The zero-order valence-electron chi connectivity index (χ0n) is 29.7. The quantitative estimate of drug-likeness (QED) is 0.0972. The number of hydrogen-bond acceptors (Lipinski definition) is 0. The molecule has 0 fully saturated rings. The van der Waals surface area contributed by atoms with Gasteiger partial charge in [-0.05, 0) is 116 Å². The van der Waals surface area contributed by atoms with Gasteiger partial charge in [0.05, 0.1) is 5.41 Å². The van der Waals surface area contributed by atoms with E-state index in [2.05, 4.69) is 146 Å². The summed E-state index contributed by atoms with van der Waals surface area (Å²) < 4.78 is 2.29. The molecule has 0 nitrogen and oxygen atoms in total. The second kappa shape index (κ2) is 14.0. The van der Waals surface area contributed by atoms with Gasteiger partial charge in [-0.2, -0.15) is 0 Å². The summed E-state index contributed by atoms with van der Waals surface area (Å²) in [6, 6.07) is 29.2. The van der Waals surface area contributed by atoms with Crippen molar-refractivity contribution < 1.29 is 0 Å². The van der Waals surface area contributed by atoms with Gasteiger partial charge in [-0.1, -0.05) is 173 Å². The van der Waals surface area contributed by atoms with Crippen LogP contribution in [0.4, 0.5) is 0 Å². The number of hydrogen-bond donors (Lipinski definition) is 0. The van der Waals surface area contributed by atoms with Crippen LogP contribution in [0.1, 0.15) is 152 Å². The average Bonchev–Trinajstić information content (AvgIpc) is 3.53. The molecule has 0 radical (unpaired) electrons. The lowest BCUT2D eigenvalue weighted by Crippen LogP contribution is -2.28.